The number of aliphatic imine (C=N–C) groups is 2. The van der Waals surface area contributed by atoms with Crippen molar-refractivity contribution in [1.82, 2.24) is 15.5 Å². The van der Waals surface area contributed by atoms with Crippen molar-refractivity contribution in [2.75, 3.05) is 13.1 Å². The lowest BCUT2D eigenvalue weighted by atomic mass is 10.2. The van der Waals surface area contributed by atoms with Gasteiger partial charge in [-0.2, -0.15) is 4.99 Å². The van der Waals surface area contributed by atoms with Gasteiger partial charge < -0.3 is 18.9 Å². The minimum absolute atomic E-state index is 0.107. The lowest BCUT2D eigenvalue weighted by Crippen LogP contribution is -2.47. The molecule has 0 fully saturated rings. The Bertz CT molecular complexity index is 932. The maximum atomic E-state index is 12.8. The predicted octanol–water partition coefficient (Wildman–Crippen LogP) is 6.15. The quantitative estimate of drug-likeness (QED) is 0.163. The highest BCUT2D eigenvalue weighted by atomic mass is 16.6. The molecule has 0 spiro atoms. The minimum atomic E-state index is -0.805. The van der Waals surface area contributed by atoms with Crippen LogP contribution in [0.5, 0.6) is 0 Å². The van der Waals surface area contributed by atoms with E-state index < -0.39 is 46.8 Å². The van der Waals surface area contributed by atoms with Crippen LogP contribution >= 0.6 is 0 Å². The summed E-state index contributed by atoms with van der Waals surface area (Å²) in [6.07, 6.45) is -1.29. The number of nitrogens with zero attached hydrogens (tertiary/aromatic N) is 3. The highest BCUT2D eigenvalue weighted by molar-refractivity contribution is 6.01. The average Bonchev–Trinajstić information content (AvgIpc) is 2.66. The molecule has 0 unspecified atom stereocenters. The molecule has 0 saturated heterocycles. The molecular formula is C28H51N5O8. The van der Waals surface area contributed by atoms with Crippen molar-refractivity contribution in [3.8, 4) is 0 Å². The van der Waals surface area contributed by atoms with E-state index >= 15 is 0 Å². The lowest BCUT2D eigenvalue weighted by molar-refractivity contribution is 0.0364. The van der Waals surface area contributed by atoms with Crippen LogP contribution in [0.25, 0.3) is 0 Å². The van der Waals surface area contributed by atoms with E-state index in [1.807, 2.05) is 0 Å². The summed E-state index contributed by atoms with van der Waals surface area (Å²) in [6.45, 7) is 22.7. The summed E-state index contributed by atoms with van der Waals surface area (Å²) in [5.74, 6) is 0.0427. The van der Waals surface area contributed by atoms with Gasteiger partial charge in [-0.15, -0.1) is 0 Å². The van der Waals surface area contributed by atoms with Crippen molar-refractivity contribution in [1.29, 1.82) is 0 Å². The summed E-state index contributed by atoms with van der Waals surface area (Å²) < 4.78 is 21.2. The van der Waals surface area contributed by atoms with E-state index in [1.165, 1.54) is 11.8 Å². The first kappa shape index (κ1) is 37.6. The fraction of sp³-hybridized carbons (Fsp3) is 0.786. The predicted molar refractivity (Wildman–Crippen MR) is 157 cm³/mol. The van der Waals surface area contributed by atoms with Gasteiger partial charge in [0.25, 0.3) is 0 Å². The molecule has 0 saturated carbocycles. The molecule has 0 radical (unpaired) electrons. The number of unbranched alkanes of at least 4 members (excludes halogenated alkanes) is 2. The standard InChI is InChI=1S/C28H51N5O8/c1-19(30-21(34)38-25(2,3)4)33(24(37)41-28(11,12)13)18-16-14-15-17-29-20(31-22(35)39-26(5,6)7)32-23(36)40-27(8,9)10/h14-18H2,1-13H3,(H2,29,31,32,35,36). The molecule has 0 aliphatic heterocycles. The molecule has 236 valence electrons. The molecule has 0 aromatic rings. The van der Waals surface area contributed by atoms with E-state index in [1.54, 1.807) is 83.1 Å². The van der Waals surface area contributed by atoms with Gasteiger partial charge in [0.2, 0.25) is 5.96 Å². The van der Waals surface area contributed by atoms with E-state index in [2.05, 4.69) is 20.6 Å². The average molecular weight is 586 g/mol. The third kappa shape index (κ3) is 21.1. The Morgan fingerprint density at radius 1 is 0.634 bits per heavy atom. The Morgan fingerprint density at radius 3 is 1.49 bits per heavy atom. The zero-order chi connectivity index (χ0) is 32.2. The second kappa shape index (κ2) is 15.6. The Balaban J connectivity index is 5.36. The first-order valence-corrected chi connectivity index (χ1v) is 13.7. The molecule has 0 rings (SSSR count). The molecule has 0 aliphatic carbocycles. The molecule has 0 bridgehead atoms. The Labute approximate surface area is 244 Å². The molecular weight excluding hydrogens is 534 g/mol. The Kier molecular flexibility index (Phi) is 14.3. The third-order valence-corrected chi connectivity index (χ3v) is 4.20. The Morgan fingerprint density at radius 2 is 1.07 bits per heavy atom. The van der Waals surface area contributed by atoms with Gasteiger partial charge in [-0.25, -0.2) is 19.2 Å². The van der Waals surface area contributed by atoms with Crippen molar-refractivity contribution in [2.24, 2.45) is 9.98 Å². The summed E-state index contributed by atoms with van der Waals surface area (Å²) >= 11 is 0. The normalized spacial score (nSPS) is 12.6. The fourth-order valence-corrected chi connectivity index (χ4v) is 2.84. The molecule has 2 N–H and O–H groups in total. The largest absolute Gasteiger partial charge is 0.444 e. The van der Waals surface area contributed by atoms with Gasteiger partial charge >= 0.3 is 24.4 Å². The van der Waals surface area contributed by atoms with Crippen LogP contribution in [0, 0.1) is 0 Å². The number of nitrogens with one attached hydrogen (secondary N) is 2. The molecule has 13 heteroatoms. The van der Waals surface area contributed by atoms with E-state index in [-0.39, 0.29) is 24.9 Å². The van der Waals surface area contributed by atoms with Crippen molar-refractivity contribution in [3.63, 3.8) is 0 Å². The number of hydrogen-bond acceptors (Lipinski definition) is 9. The summed E-state index contributed by atoms with van der Waals surface area (Å²) in [5.41, 5.74) is -2.96. The summed E-state index contributed by atoms with van der Waals surface area (Å²) in [6, 6.07) is 0. The second-order valence-corrected chi connectivity index (χ2v) is 13.3. The number of alkyl carbamates (subject to hydrolysis) is 2. The molecule has 0 aromatic heterocycles. The third-order valence-electron chi connectivity index (χ3n) is 4.20. The molecule has 0 atom stereocenters. The van der Waals surface area contributed by atoms with E-state index in [4.69, 9.17) is 18.9 Å². The van der Waals surface area contributed by atoms with Crippen molar-refractivity contribution >= 4 is 36.2 Å². The smallest absolute Gasteiger partial charge is 0.435 e. The van der Waals surface area contributed by atoms with Crippen LogP contribution in [0.3, 0.4) is 0 Å². The van der Waals surface area contributed by atoms with Crippen LogP contribution < -0.4 is 10.6 Å². The van der Waals surface area contributed by atoms with Gasteiger partial charge in [0.1, 0.15) is 28.2 Å². The van der Waals surface area contributed by atoms with E-state index in [0.717, 1.165) is 0 Å². The molecule has 0 aromatic carbocycles. The van der Waals surface area contributed by atoms with E-state index in [0.29, 0.717) is 19.3 Å². The topological polar surface area (TPSA) is 157 Å². The first-order chi connectivity index (χ1) is 18.4. The van der Waals surface area contributed by atoms with Crippen LogP contribution in [0.2, 0.25) is 0 Å². The monoisotopic (exact) mass is 585 g/mol. The Hall–Kier alpha value is -3.38. The number of carbonyl (C=O) groups excluding carboxylic acids is 4. The number of rotatable bonds is 6. The first-order valence-electron chi connectivity index (χ1n) is 13.7. The molecule has 13 nitrogen and oxygen atoms in total. The second-order valence-electron chi connectivity index (χ2n) is 13.3. The van der Waals surface area contributed by atoms with Crippen LogP contribution in [-0.2, 0) is 18.9 Å². The van der Waals surface area contributed by atoms with Gasteiger partial charge in [-0.05, 0) is 109 Å². The van der Waals surface area contributed by atoms with Crippen molar-refractivity contribution in [3.05, 3.63) is 0 Å². The number of amidine groups is 1. The highest BCUT2D eigenvalue weighted by Crippen LogP contribution is 2.14. The van der Waals surface area contributed by atoms with Crippen LogP contribution in [-0.4, -0.2) is 76.6 Å². The summed E-state index contributed by atoms with van der Waals surface area (Å²) in [5, 5.41) is 4.87. The molecule has 0 heterocycles. The van der Waals surface area contributed by atoms with Crippen LogP contribution in [0.1, 0.15) is 109 Å². The maximum Gasteiger partial charge on any atom is 0.435 e. The van der Waals surface area contributed by atoms with Gasteiger partial charge in [0, 0.05) is 13.1 Å². The van der Waals surface area contributed by atoms with E-state index in [9.17, 15) is 19.2 Å². The number of ether oxygens (including phenoxy) is 4. The van der Waals surface area contributed by atoms with Crippen molar-refractivity contribution in [2.45, 2.75) is 132 Å². The molecule has 0 aliphatic rings. The zero-order valence-corrected chi connectivity index (χ0v) is 27.1. The maximum absolute atomic E-state index is 12.8. The van der Waals surface area contributed by atoms with Gasteiger partial charge in [-0.1, -0.05) is 0 Å². The minimum Gasteiger partial charge on any atom is -0.444 e. The van der Waals surface area contributed by atoms with Gasteiger partial charge in [0.15, 0.2) is 0 Å². The number of hydrogen-bond donors (Lipinski definition) is 2. The number of carbonyl (C=O) groups is 4. The lowest BCUT2D eigenvalue weighted by Gasteiger charge is -2.27. The molecule has 4 amide bonds. The summed E-state index contributed by atoms with van der Waals surface area (Å²) in [7, 11) is 0. The number of guanidine groups is 1. The fourth-order valence-electron chi connectivity index (χ4n) is 2.84. The van der Waals surface area contributed by atoms with Gasteiger partial charge in [0.05, 0.1) is 0 Å². The zero-order valence-electron chi connectivity index (χ0n) is 27.1. The highest BCUT2D eigenvalue weighted by Gasteiger charge is 2.25. The molecule has 41 heavy (non-hydrogen) atoms. The SMILES string of the molecule is CC(=NC(=O)OC(C)(C)C)N(CCCCCN=C(NC(=O)OC(C)(C)C)NC(=O)OC(C)(C)C)C(=O)OC(C)(C)C. The number of amides is 4. The van der Waals surface area contributed by atoms with Crippen LogP contribution in [0.4, 0.5) is 19.2 Å². The summed E-state index contributed by atoms with van der Waals surface area (Å²) in [4.78, 5) is 58.9. The van der Waals surface area contributed by atoms with Gasteiger partial charge in [-0.3, -0.25) is 20.5 Å². The van der Waals surface area contributed by atoms with Crippen LogP contribution in [0.15, 0.2) is 9.98 Å². The van der Waals surface area contributed by atoms with Crippen molar-refractivity contribution < 1.29 is 38.1 Å².